The van der Waals surface area contributed by atoms with E-state index >= 15 is 0 Å². The number of thioether (sulfide) groups is 1. The number of hydrogen-bond acceptors (Lipinski definition) is 3. The van der Waals surface area contributed by atoms with Gasteiger partial charge >= 0.3 is 5.97 Å². The molecule has 2 atom stereocenters. The Kier molecular flexibility index (Phi) is 5.62. The molecule has 0 aromatic carbocycles. The summed E-state index contributed by atoms with van der Waals surface area (Å²) < 4.78 is 0. The van der Waals surface area contributed by atoms with Crippen molar-refractivity contribution in [3.8, 4) is 0 Å². The predicted octanol–water partition coefficient (Wildman–Crippen LogP) is 2.36. The van der Waals surface area contributed by atoms with Gasteiger partial charge in [-0.1, -0.05) is 20.8 Å². The lowest BCUT2D eigenvalue weighted by Gasteiger charge is -2.17. The van der Waals surface area contributed by atoms with Crippen LogP contribution in [-0.4, -0.2) is 34.2 Å². The average molecular weight is 245 g/mol. The Morgan fingerprint density at radius 1 is 1.44 bits per heavy atom. The number of carboxylic acids is 1. The first-order valence-corrected chi connectivity index (χ1v) is 7.16. The third-order valence-electron chi connectivity index (χ3n) is 3.04. The van der Waals surface area contributed by atoms with Gasteiger partial charge in [-0.2, -0.15) is 11.8 Å². The average Bonchev–Trinajstić information content (AvgIpc) is 2.99. The SMILES string of the molecule is CC(C)C(C)SCCC(NC1CC1)C(=O)O. The quantitative estimate of drug-likeness (QED) is 0.689. The molecule has 4 heteroatoms. The van der Waals surface area contributed by atoms with Crippen molar-refractivity contribution in [2.24, 2.45) is 5.92 Å². The third kappa shape index (κ3) is 5.21. The highest BCUT2D eigenvalue weighted by Crippen LogP contribution is 2.22. The summed E-state index contributed by atoms with van der Waals surface area (Å²) in [5.41, 5.74) is 0. The Hall–Kier alpha value is -0.220. The highest BCUT2D eigenvalue weighted by molar-refractivity contribution is 7.99. The van der Waals surface area contributed by atoms with Crippen molar-refractivity contribution in [3.63, 3.8) is 0 Å². The Balaban J connectivity index is 2.18. The number of carboxylic acid groups (broad SMARTS) is 1. The van der Waals surface area contributed by atoms with Crippen LogP contribution in [0, 0.1) is 5.92 Å². The molecule has 2 unspecified atom stereocenters. The Bertz CT molecular complexity index is 229. The van der Waals surface area contributed by atoms with Gasteiger partial charge in [0.05, 0.1) is 0 Å². The van der Waals surface area contributed by atoms with Gasteiger partial charge < -0.3 is 10.4 Å². The molecule has 0 amide bonds. The zero-order valence-corrected chi connectivity index (χ0v) is 11.2. The van der Waals surface area contributed by atoms with Crippen LogP contribution in [0.3, 0.4) is 0 Å². The molecule has 1 rings (SSSR count). The largest absolute Gasteiger partial charge is 0.480 e. The molecule has 0 aromatic rings. The number of hydrogen-bond donors (Lipinski definition) is 2. The monoisotopic (exact) mass is 245 g/mol. The van der Waals surface area contributed by atoms with E-state index in [1.165, 1.54) is 0 Å². The highest BCUT2D eigenvalue weighted by Gasteiger charge is 2.27. The second kappa shape index (κ2) is 6.50. The fourth-order valence-corrected chi connectivity index (χ4v) is 2.51. The molecule has 1 aliphatic rings. The number of carbonyl (C=O) groups is 1. The molecule has 1 saturated carbocycles. The maximum absolute atomic E-state index is 11.0. The van der Waals surface area contributed by atoms with Crippen molar-refractivity contribution in [2.75, 3.05) is 5.75 Å². The van der Waals surface area contributed by atoms with Gasteiger partial charge in [0, 0.05) is 11.3 Å². The molecule has 0 heterocycles. The molecule has 1 fully saturated rings. The van der Waals surface area contributed by atoms with E-state index in [2.05, 4.69) is 26.1 Å². The molecule has 1 aliphatic carbocycles. The summed E-state index contributed by atoms with van der Waals surface area (Å²) in [6.07, 6.45) is 3.01. The van der Waals surface area contributed by atoms with E-state index in [4.69, 9.17) is 5.11 Å². The first-order valence-electron chi connectivity index (χ1n) is 6.11. The summed E-state index contributed by atoms with van der Waals surface area (Å²) >= 11 is 1.87. The minimum absolute atomic E-state index is 0.348. The smallest absolute Gasteiger partial charge is 0.320 e. The van der Waals surface area contributed by atoms with Crippen LogP contribution in [0.25, 0.3) is 0 Å². The standard InChI is InChI=1S/C12H23NO2S/c1-8(2)9(3)16-7-6-11(12(14)15)13-10-4-5-10/h8-11,13H,4-7H2,1-3H3,(H,14,15). The molecule has 3 nitrogen and oxygen atoms in total. The second-order valence-corrected chi connectivity index (χ2v) is 6.43. The molecule has 0 aromatic heterocycles. The van der Waals surface area contributed by atoms with Crippen molar-refractivity contribution >= 4 is 17.7 Å². The lowest BCUT2D eigenvalue weighted by molar-refractivity contribution is -0.139. The number of rotatable bonds is 8. The van der Waals surface area contributed by atoms with Crippen molar-refractivity contribution in [1.29, 1.82) is 0 Å². The fourth-order valence-electron chi connectivity index (χ4n) is 1.38. The van der Waals surface area contributed by atoms with Gasteiger partial charge in [-0.05, 0) is 30.9 Å². The first kappa shape index (κ1) is 13.8. The normalized spacial score (nSPS) is 19.8. The van der Waals surface area contributed by atoms with E-state index in [-0.39, 0.29) is 6.04 Å². The first-order chi connectivity index (χ1) is 7.50. The van der Waals surface area contributed by atoms with E-state index in [1.807, 2.05) is 11.8 Å². The molecule has 2 N–H and O–H groups in total. The van der Waals surface area contributed by atoms with E-state index in [0.717, 1.165) is 25.0 Å². The molecular formula is C12H23NO2S. The Morgan fingerprint density at radius 2 is 2.06 bits per heavy atom. The maximum Gasteiger partial charge on any atom is 0.320 e. The molecule has 0 saturated heterocycles. The zero-order chi connectivity index (χ0) is 12.1. The van der Waals surface area contributed by atoms with Gasteiger partial charge in [-0.25, -0.2) is 0 Å². The predicted molar refractivity (Wildman–Crippen MR) is 69.0 cm³/mol. The minimum Gasteiger partial charge on any atom is -0.480 e. The minimum atomic E-state index is -0.704. The molecule has 0 radical (unpaired) electrons. The maximum atomic E-state index is 11.0. The van der Waals surface area contributed by atoms with E-state index in [1.54, 1.807) is 0 Å². The number of nitrogens with one attached hydrogen (secondary N) is 1. The molecule has 0 bridgehead atoms. The summed E-state index contributed by atoms with van der Waals surface area (Å²) in [5, 5.41) is 12.8. The lowest BCUT2D eigenvalue weighted by Crippen LogP contribution is -2.38. The summed E-state index contributed by atoms with van der Waals surface area (Å²) in [6, 6.07) is 0.119. The Labute approximate surface area is 102 Å². The van der Waals surface area contributed by atoms with Crippen molar-refractivity contribution < 1.29 is 9.90 Å². The highest BCUT2D eigenvalue weighted by atomic mass is 32.2. The summed E-state index contributed by atoms with van der Waals surface area (Å²) in [5.74, 6) is 0.880. The van der Waals surface area contributed by atoms with Gasteiger partial charge in [0.25, 0.3) is 0 Å². The van der Waals surface area contributed by atoms with Crippen LogP contribution in [0.5, 0.6) is 0 Å². The fraction of sp³-hybridized carbons (Fsp3) is 0.917. The zero-order valence-electron chi connectivity index (χ0n) is 10.4. The molecule has 94 valence electrons. The van der Waals surface area contributed by atoms with E-state index in [9.17, 15) is 4.79 Å². The summed E-state index contributed by atoms with van der Waals surface area (Å²) in [7, 11) is 0. The summed E-state index contributed by atoms with van der Waals surface area (Å²) in [4.78, 5) is 11.0. The topological polar surface area (TPSA) is 49.3 Å². The molecule has 16 heavy (non-hydrogen) atoms. The van der Waals surface area contributed by atoms with Crippen LogP contribution in [0.2, 0.25) is 0 Å². The summed E-state index contributed by atoms with van der Waals surface area (Å²) in [6.45, 7) is 6.61. The van der Waals surface area contributed by atoms with Crippen LogP contribution in [-0.2, 0) is 4.79 Å². The van der Waals surface area contributed by atoms with Crippen LogP contribution in [0.1, 0.15) is 40.0 Å². The van der Waals surface area contributed by atoms with Crippen LogP contribution < -0.4 is 5.32 Å². The van der Waals surface area contributed by atoms with Crippen molar-refractivity contribution in [3.05, 3.63) is 0 Å². The van der Waals surface area contributed by atoms with Crippen LogP contribution in [0.15, 0.2) is 0 Å². The third-order valence-corrected chi connectivity index (χ3v) is 4.58. The Morgan fingerprint density at radius 3 is 2.50 bits per heavy atom. The van der Waals surface area contributed by atoms with Gasteiger partial charge in [0.15, 0.2) is 0 Å². The molecule has 0 spiro atoms. The van der Waals surface area contributed by atoms with Crippen LogP contribution in [0.4, 0.5) is 0 Å². The lowest BCUT2D eigenvalue weighted by atomic mass is 10.2. The molecular weight excluding hydrogens is 222 g/mol. The van der Waals surface area contributed by atoms with Crippen molar-refractivity contribution in [2.45, 2.75) is 57.4 Å². The number of aliphatic carboxylic acids is 1. The van der Waals surface area contributed by atoms with E-state index < -0.39 is 5.97 Å². The second-order valence-electron chi connectivity index (χ2n) is 4.94. The van der Waals surface area contributed by atoms with Gasteiger partial charge in [-0.3, -0.25) is 4.79 Å². The molecule has 0 aliphatic heterocycles. The van der Waals surface area contributed by atoms with E-state index in [0.29, 0.717) is 17.2 Å². The van der Waals surface area contributed by atoms with Gasteiger partial charge in [0.1, 0.15) is 6.04 Å². The van der Waals surface area contributed by atoms with Gasteiger partial charge in [0.2, 0.25) is 0 Å². The van der Waals surface area contributed by atoms with Crippen LogP contribution >= 0.6 is 11.8 Å². The van der Waals surface area contributed by atoms with Crippen molar-refractivity contribution in [1.82, 2.24) is 5.32 Å². The van der Waals surface area contributed by atoms with Gasteiger partial charge in [-0.15, -0.1) is 0 Å².